The largest absolute Gasteiger partial charge is 0.445 e. The van der Waals surface area contributed by atoms with Crippen LogP contribution in [-0.2, 0) is 5.41 Å². The van der Waals surface area contributed by atoms with Crippen molar-refractivity contribution >= 4 is 21.8 Å². The zero-order chi connectivity index (χ0) is 24.0. The number of oxazole rings is 1. The van der Waals surface area contributed by atoms with E-state index in [-0.39, 0.29) is 5.41 Å². The zero-order valence-electron chi connectivity index (χ0n) is 20.1. The van der Waals surface area contributed by atoms with Crippen LogP contribution in [-0.4, -0.2) is 14.5 Å². The number of hydrogen-bond acceptors (Lipinski definition) is 3. The van der Waals surface area contributed by atoms with Gasteiger partial charge in [-0.3, -0.25) is 4.98 Å². The van der Waals surface area contributed by atoms with Crippen molar-refractivity contribution in [2.24, 2.45) is 0 Å². The third kappa shape index (κ3) is 3.29. The Morgan fingerprint density at radius 3 is 2.39 bits per heavy atom. The first-order valence-corrected chi connectivity index (χ1v) is 12.8. The van der Waals surface area contributed by atoms with Gasteiger partial charge in [0.1, 0.15) is 6.26 Å². The standard InChI is InChI=1S/C32H27N3O/c1-5-16-32(17-6-1,30-13-4-7-18-33-30)24-14-15-27-26-11-2-3-12-28(26)35(29(27)22-24)25-10-8-9-23(21-25)31-34-19-20-36-31/h2-4,7-15,18-22H,1,5-6,16-17H2. The molecule has 0 spiro atoms. The minimum absolute atomic E-state index is 0.0467. The van der Waals surface area contributed by atoms with Crippen molar-refractivity contribution in [1.82, 2.24) is 14.5 Å². The average Bonchev–Trinajstić information content (AvgIpc) is 3.61. The molecular weight excluding hydrogens is 442 g/mol. The van der Waals surface area contributed by atoms with Gasteiger partial charge in [0, 0.05) is 33.6 Å². The monoisotopic (exact) mass is 469 g/mol. The van der Waals surface area contributed by atoms with E-state index in [4.69, 9.17) is 9.40 Å². The van der Waals surface area contributed by atoms with E-state index in [9.17, 15) is 0 Å². The van der Waals surface area contributed by atoms with E-state index in [1.54, 1.807) is 12.5 Å². The van der Waals surface area contributed by atoms with E-state index < -0.39 is 0 Å². The van der Waals surface area contributed by atoms with Gasteiger partial charge in [-0.2, -0.15) is 0 Å². The fourth-order valence-electron chi connectivity index (χ4n) is 6.18. The average molecular weight is 470 g/mol. The van der Waals surface area contributed by atoms with Crippen LogP contribution < -0.4 is 0 Å². The molecular formula is C32H27N3O. The third-order valence-corrected chi connectivity index (χ3v) is 7.87. The number of fused-ring (bicyclic) bond motifs is 3. The first kappa shape index (κ1) is 21.1. The molecule has 0 unspecified atom stereocenters. The van der Waals surface area contributed by atoms with Crippen LogP contribution in [0.4, 0.5) is 0 Å². The summed E-state index contributed by atoms with van der Waals surface area (Å²) >= 11 is 0. The molecule has 0 atom stereocenters. The zero-order valence-corrected chi connectivity index (χ0v) is 20.1. The fourth-order valence-corrected chi connectivity index (χ4v) is 6.18. The summed E-state index contributed by atoms with van der Waals surface area (Å²) in [7, 11) is 0. The van der Waals surface area contributed by atoms with Crippen LogP contribution in [0.15, 0.2) is 108 Å². The van der Waals surface area contributed by atoms with Gasteiger partial charge >= 0.3 is 0 Å². The van der Waals surface area contributed by atoms with Crippen LogP contribution in [0.2, 0.25) is 0 Å². The lowest BCUT2D eigenvalue weighted by atomic mass is 9.67. The van der Waals surface area contributed by atoms with Gasteiger partial charge < -0.3 is 8.98 Å². The van der Waals surface area contributed by atoms with Gasteiger partial charge in [0.25, 0.3) is 0 Å². The Kier molecular flexibility index (Phi) is 4.98. The second kappa shape index (κ2) is 8.49. The van der Waals surface area contributed by atoms with Crippen LogP contribution >= 0.6 is 0 Å². The van der Waals surface area contributed by atoms with Gasteiger partial charge in [0.05, 0.1) is 22.9 Å². The van der Waals surface area contributed by atoms with E-state index in [0.29, 0.717) is 5.89 Å². The molecule has 176 valence electrons. The predicted octanol–water partition coefficient (Wildman–Crippen LogP) is 8.08. The molecule has 1 fully saturated rings. The molecule has 3 aromatic heterocycles. The number of benzene rings is 3. The van der Waals surface area contributed by atoms with Gasteiger partial charge in [-0.1, -0.05) is 61.7 Å². The van der Waals surface area contributed by atoms with Crippen molar-refractivity contribution in [2.75, 3.05) is 0 Å². The van der Waals surface area contributed by atoms with E-state index >= 15 is 0 Å². The van der Waals surface area contributed by atoms with Crippen molar-refractivity contribution in [1.29, 1.82) is 0 Å². The lowest BCUT2D eigenvalue weighted by molar-refractivity contribution is 0.339. The van der Waals surface area contributed by atoms with Gasteiger partial charge in [-0.15, -0.1) is 0 Å². The van der Waals surface area contributed by atoms with Crippen LogP contribution in [0.1, 0.15) is 43.4 Å². The first-order chi connectivity index (χ1) is 17.8. The van der Waals surface area contributed by atoms with Crippen LogP contribution in [0.5, 0.6) is 0 Å². The quantitative estimate of drug-likeness (QED) is 0.262. The third-order valence-electron chi connectivity index (χ3n) is 7.87. The summed E-state index contributed by atoms with van der Waals surface area (Å²) in [5, 5.41) is 2.53. The maximum atomic E-state index is 5.60. The Morgan fingerprint density at radius 1 is 0.694 bits per heavy atom. The highest BCUT2D eigenvalue weighted by molar-refractivity contribution is 6.09. The topological polar surface area (TPSA) is 43.9 Å². The van der Waals surface area contributed by atoms with Crippen LogP contribution in [0.3, 0.4) is 0 Å². The number of pyridine rings is 1. The minimum Gasteiger partial charge on any atom is -0.445 e. The Hall–Kier alpha value is -4.18. The van der Waals surface area contributed by atoms with Crippen molar-refractivity contribution in [3.8, 4) is 17.1 Å². The minimum atomic E-state index is -0.0467. The van der Waals surface area contributed by atoms with E-state index in [1.165, 1.54) is 52.3 Å². The van der Waals surface area contributed by atoms with Crippen LogP contribution in [0, 0.1) is 0 Å². The van der Waals surface area contributed by atoms with Crippen molar-refractivity contribution < 1.29 is 4.42 Å². The highest BCUT2D eigenvalue weighted by atomic mass is 16.3. The first-order valence-electron chi connectivity index (χ1n) is 12.8. The van der Waals surface area contributed by atoms with Crippen molar-refractivity contribution in [3.63, 3.8) is 0 Å². The Morgan fingerprint density at radius 2 is 1.56 bits per heavy atom. The molecule has 0 radical (unpaired) electrons. The van der Waals surface area contributed by atoms with Gasteiger partial charge in [-0.05, 0) is 60.9 Å². The predicted molar refractivity (Wildman–Crippen MR) is 144 cm³/mol. The molecule has 36 heavy (non-hydrogen) atoms. The van der Waals surface area contributed by atoms with E-state index in [0.717, 1.165) is 24.1 Å². The van der Waals surface area contributed by atoms with Gasteiger partial charge in [-0.25, -0.2) is 4.98 Å². The molecule has 1 aliphatic rings. The highest BCUT2D eigenvalue weighted by Gasteiger charge is 2.37. The summed E-state index contributed by atoms with van der Waals surface area (Å²) in [6, 6.07) is 30.6. The number of rotatable bonds is 4. The van der Waals surface area contributed by atoms with Crippen LogP contribution in [0.25, 0.3) is 38.9 Å². The molecule has 0 aliphatic heterocycles. The lowest BCUT2D eigenvalue weighted by Crippen LogP contribution is -2.31. The molecule has 1 aliphatic carbocycles. The fraction of sp³-hybridized carbons (Fsp3) is 0.188. The molecule has 0 bridgehead atoms. The Bertz CT molecular complexity index is 1660. The molecule has 3 aromatic carbocycles. The molecule has 4 nitrogen and oxygen atoms in total. The second-order valence-electron chi connectivity index (χ2n) is 9.83. The maximum Gasteiger partial charge on any atom is 0.225 e. The molecule has 7 rings (SSSR count). The molecule has 0 saturated heterocycles. The Balaban J connectivity index is 1.49. The summed E-state index contributed by atoms with van der Waals surface area (Å²) in [5.74, 6) is 0.634. The molecule has 6 aromatic rings. The molecule has 0 amide bonds. The number of para-hydroxylation sites is 1. The smallest absolute Gasteiger partial charge is 0.225 e. The summed E-state index contributed by atoms with van der Waals surface area (Å²) in [6.07, 6.45) is 11.3. The van der Waals surface area contributed by atoms with Gasteiger partial charge in [0.2, 0.25) is 5.89 Å². The highest BCUT2D eigenvalue weighted by Crippen LogP contribution is 2.45. The normalized spacial score (nSPS) is 15.4. The lowest BCUT2D eigenvalue weighted by Gasteiger charge is -2.37. The number of aromatic nitrogens is 3. The summed E-state index contributed by atoms with van der Waals surface area (Å²) in [4.78, 5) is 9.24. The second-order valence-corrected chi connectivity index (χ2v) is 9.83. The summed E-state index contributed by atoms with van der Waals surface area (Å²) < 4.78 is 7.98. The number of nitrogens with zero attached hydrogens (tertiary/aromatic N) is 3. The summed E-state index contributed by atoms with van der Waals surface area (Å²) in [5.41, 5.74) is 7.00. The van der Waals surface area contributed by atoms with E-state index in [2.05, 4.69) is 82.3 Å². The number of hydrogen-bond donors (Lipinski definition) is 0. The van der Waals surface area contributed by atoms with Gasteiger partial charge in [0.15, 0.2) is 0 Å². The maximum absolute atomic E-state index is 5.60. The SMILES string of the molecule is c1ccc(C2(c3ccc4c5ccccc5n(-c5cccc(-c6ncco6)c5)c4c3)CCCCC2)nc1. The molecule has 3 heterocycles. The van der Waals surface area contributed by atoms with Crippen molar-refractivity contribution in [3.05, 3.63) is 115 Å². The molecule has 1 saturated carbocycles. The molecule has 0 N–H and O–H groups in total. The Labute approximate surface area is 210 Å². The molecule has 4 heteroatoms. The summed E-state index contributed by atoms with van der Waals surface area (Å²) in [6.45, 7) is 0. The van der Waals surface area contributed by atoms with E-state index in [1.807, 2.05) is 18.3 Å². The van der Waals surface area contributed by atoms with Crippen molar-refractivity contribution in [2.45, 2.75) is 37.5 Å².